The van der Waals surface area contributed by atoms with Crippen LogP contribution in [0.3, 0.4) is 0 Å². The maximum Gasteiger partial charge on any atom is 0.249 e. The van der Waals surface area contributed by atoms with Crippen molar-refractivity contribution in [1.29, 1.82) is 0 Å². The van der Waals surface area contributed by atoms with Crippen LogP contribution in [0.25, 0.3) is 0 Å². The summed E-state index contributed by atoms with van der Waals surface area (Å²) in [6.07, 6.45) is 1.13. The summed E-state index contributed by atoms with van der Waals surface area (Å²) in [5.41, 5.74) is 0. The average Bonchev–Trinajstić information content (AvgIpc) is 3.60. The van der Waals surface area contributed by atoms with Crippen LogP contribution in [-0.2, 0) is 47.8 Å². The summed E-state index contributed by atoms with van der Waals surface area (Å²) in [7, 11) is 4.63. The fourth-order valence-corrected chi connectivity index (χ4v) is 12.8. The molecule has 15 nitrogen and oxygen atoms in total. The summed E-state index contributed by atoms with van der Waals surface area (Å²) >= 11 is 4.53. The summed E-state index contributed by atoms with van der Waals surface area (Å²) in [6, 6.07) is -2.44. The predicted molar refractivity (Wildman–Crippen MR) is 238 cm³/mol. The molecule has 334 valence electrons. The van der Waals surface area contributed by atoms with E-state index >= 15 is 0 Å². The van der Waals surface area contributed by atoms with Gasteiger partial charge in [0.05, 0.1) is 43.2 Å². The van der Waals surface area contributed by atoms with Crippen LogP contribution in [0, 0.1) is 29.6 Å². The van der Waals surface area contributed by atoms with E-state index in [1.807, 2.05) is 41.5 Å². The molecule has 3 aliphatic heterocycles. The molecule has 3 aliphatic rings. The van der Waals surface area contributed by atoms with Crippen LogP contribution >= 0.6 is 45.2 Å². The van der Waals surface area contributed by atoms with E-state index in [-0.39, 0.29) is 79.5 Å². The van der Waals surface area contributed by atoms with E-state index in [9.17, 15) is 38.4 Å². The van der Waals surface area contributed by atoms with Crippen molar-refractivity contribution in [2.75, 3.05) is 40.9 Å². The molecule has 0 aromatic carbocycles. The predicted octanol–water partition coefficient (Wildman–Crippen LogP) is 4.18. The number of fused-ring (bicyclic) bond motifs is 4. The van der Waals surface area contributed by atoms with Gasteiger partial charge in [-0.15, -0.1) is 0 Å². The van der Waals surface area contributed by atoms with Gasteiger partial charge in [-0.05, 0) is 44.4 Å². The number of nitrogens with zero attached hydrogens (tertiary/aromatic N) is 4. The molecule has 3 heterocycles. The van der Waals surface area contributed by atoms with E-state index in [0.717, 1.165) is 22.6 Å². The highest BCUT2D eigenvalue weighted by Crippen LogP contribution is 2.51. The third kappa shape index (κ3) is 11.8. The Morgan fingerprint density at radius 2 is 1.42 bits per heavy atom. The summed E-state index contributed by atoms with van der Waals surface area (Å²) < 4.78 is 10.5. The first-order valence-electron chi connectivity index (χ1n) is 20.9. The van der Waals surface area contributed by atoms with Crippen LogP contribution in [-0.4, -0.2) is 145 Å². The minimum absolute atomic E-state index is 0.0112. The number of methoxy groups -OCH3 is 1. The molecule has 0 spiro atoms. The van der Waals surface area contributed by atoms with Gasteiger partial charge < -0.3 is 24.6 Å². The van der Waals surface area contributed by atoms with Gasteiger partial charge in [-0.25, -0.2) is 0 Å². The van der Waals surface area contributed by atoms with Crippen LogP contribution in [0.1, 0.15) is 107 Å². The average molecular weight is 1060 g/mol. The van der Waals surface area contributed by atoms with Crippen LogP contribution in [0.2, 0.25) is 0 Å². The van der Waals surface area contributed by atoms with Crippen molar-refractivity contribution in [2.24, 2.45) is 29.6 Å². The molecular weight excluding hydrogens is 988 g/mol. The molecule has 4 bridgehead atoms. The van der Waals surface area contributed by atoms with Gasteiger partial charge >= 0.3 is 0 Å². The number of ketones is 1. The number of hydrogen-bond acceptors (Lipinski definition) is 10. The fourth-order valence-electron chi connectivity index (χ4n) is 9.05. The quantitative estimate of drug-likeness (QED) is 0.119. The Labute approximate surface area is 377 Å². The highest BCUT2D eigenvalue weighted by molar-refractivity contribution is 14.1. The SMILES string of the molecule is CCCC1(I)CC(C)(I)C2CC(=O)N(CC(OCC(=O)N(C)[C@H](C(=O)N[C@H](C(=O)N(C)[C@@H]([C@@H](C)CC)[C@@H](CC(C)=O)OC)C(C)C)C(C)C)CN3C(=O)CC1C3=O)C2=O. The lowest BCUT2D eigenvalue weighted by Gasteiger charge is -2.40. The van der Waals surface area contributed by atoms with E-state index in [2.05, 4.69) is 50.5 Å². The van der Waals surface area contributed by atoms with Crippen molar-refractivity contribution in [3.8, 4) is 0 Å². The van der Waals surface area contributed by atoms with Gasteiger partial charge in [-0.3, -0.25) is 48.2 Å². The van der Waals surface area contributed by atoms with Crippen molar-refractivity contribution in [3.05, 3.63) is 0 Å². The molecule has 0 aromatic heterocycles. The van der Waals surface area contributed by atoms with Gasteiger partial charge in [-0.1, -0.05) is 106 Å². The Bertz CT molecular complexity index is 1610. The molecule has 0 saturated carbocycles. The van der Waals surface area contributed by atoms with E-state index in [4.69, 9.17) is 9.47 Å². The topological polar surface area (TPSA) is 180 Å². The van der Waals surface area contributed by atoms with Crippen molar-refractivity contribution < 1.29 is 47.8 Å². The Hall–Kier alpha value is -2.26. The van der Waals surface area contributed by atoms with Crippen LogP contribution < -0.4 is 5.32 Å². The Morgan fingerprint density at radius 3 is 1.90 bits per heavy atom. The lowest BCUT2D eigenvalue weighted by molar-refractivity contribution is -0.150. The maximum absolute atomic E-state index is 14.2. The van der Waals surface area contributed by atoms with Crippen molar-refractivity contribution in [1.82, 2.24) is 24.9 Å². The number of Topliss-reactive ketones (excluding diaryl/α,β-unsaturated/α-hetero) is 1. The molecule has 17 heteroatoms. The first-order chi connectivity index (χ1) is 27.4. The first-order valence-corrected chi connectivity index (χ1v) is 23.1. The highest BCUT2D eigenvalue weighted by Gasteiger charge is 2.57. The van der Waals surface area contributed by atoms with Crippen LogP contribution in [0.5, 0.6) is 0 Å². The van der Waals surface area contributed by atoms with E-state index < -0.39 is 73.4 Å². The molecule has 0 aromatic rings. The number of alkyl halides is 2. The van der Waals surface area contributed by atoms with E-state index in [1.165, 1.54) is 26.0 Å². The molecule has 3 saturated heterocycles. The highest BCUT2D eigenvalue weighted by atomic mass is 127. The van der Waals surface area contributed by atoms with Crippen molar-refractivity contribution in [3.63, 3.8) is 0 Å². The molecule has 59 heavy (non-hydrogen) atoms. The van der Waals surface area contributed by atoms with E-state index in [0.29, 0.717) is 12.8 Å². The van der Waals surface area contributed by atoms with Gasteiger partial charge in [-0.2, -0.15) is 0 Å². The number of ether oxygens (including phenoxy) is 2. The molecule has 5 unspecified atom stereocenters. The van der Waals surface area contributed by atoms with Gasteiger partial charge in [0.25, 0.3) is 0 Å². The monoisotopic (exact) mass is 1060 g/mol. The largest absolute Gasteiger partial charge is 0.379 e. The molecule has 0 radical (unpaired) electrons. The lowest BCUT2D eigenvalue weighted by atomic mass is 9.76. The molecule has 0 aliphatic carbocycles. The van der Waals surface area contributed by atoms with Crippen LogP contribution in [0.15, 0.2) is 0 Å². The second-order valence-electron chi connectivity index (χ2n) is 17.8. The molecule has 3 fully saturated rings. The Kier molecular flexibility index (Phi) is 18.4. The Balaban J connectivity index is 1.86. The fraction of sp³-hybridized carbons (Fsp3) is 0.810. The third-order valence-electron chi connectivity index (χ3n) is 12.5. The van der Waals surface area contributed by atoms with Gasteiger partial charge in [0.15, 0.2) is 0 Å². The lowest BCUT2D eigenvalue weighted by Crippen LogP contribution is -2.60. The summed E-state index contributed by atoms with van der Waals surface area (Å²) in [5.74, 6) is -5.01. The van der Waals surface area contributed by atoms with Gasteiger partial charge in [0.2, 0.25) is 41.4 Å². The zero-order valence-electron chi connectivity index (χ0n) is 37.0. The zero-order valence-corrected chi connectivity index (χ0v) is 41.3. The van der Waals surface area contributed by atoms with Gasteiger partial charge in [0.1, 0.15) is 24.5 Å². The van der Waals surface area contributed by atoms with Crippen molar-refractivity contribution >= 4 is 92.3 Å². The number of carbonyl (C=O) groups is 8. The number of amides is 7. The molecule has 3 rings (SSSR count). The molecular formula is C42H67I2N5O10. The number of imide groups is 2. The minimum Gasteiger partial charge on any atom is -0.379 e. The normalized spacial score (nSPS) is 27.6. The minimum atomic E-state index is -1.07. The smallest absolute Gasteiger partial charge is 0.249 e. The van der Waals surface area contributed by atoms with Crippen molar-refractivity contribution in [2.45, 2.75) is 144 Å². The summed E-state index contributed by atoms with van der Waals surface area (Å²) in [5, 5.41) is 2.91. The van der Waals surface area contributed by atoms with Gasteiger partial charge in [0, 0.05) is 47.3 Å². The second-order valence-corrected chi connectivity index (χ2v) is 22.4. The zero-order chi connectivity index (χ0) is 44.9. The summed E-state index contributed by atoms with van der Waals surface area (Å²) in [6.45, 7) is 15.5. The number of halogens is 2. The number of likely N-dealkylation sites (N-methyl/N-ethyl adjacent to an activating group) is 2. The number of carbonyl (C=O) groups excluding carboxylic acids is 8. The first kappa shape index (κ1) is 51.1. The third-order valence-corrected chi connectivity index (χ3v) is 15.3. The number of nitrogens with one attached hydrogen (secondary N) is 1. The molecule has 7 amide bonds. The molecule has 10 atom stereocenters. The standard InChI is InChI=1S/C42H67I2N5O10/c1-13-15-42(44)22-41(9,43)28-17-31(51)48(38(28)55)19-27(20-49-32(52)18-29(42)39(49)56)59-21-33(53)46(10)35(24(5)6)37(54)45-34(23(3)4)40(57)47(11)36(25(7)14-2)30(58-12)16-26(8)50/h23-25,27-30,34-36H,13-22H2,1-12H3,(H,45,54)/t25-,27?,28?,29?,30+,34-,35-,36-,41?,42?/m0/s1. The van der Waals surface area contributed by atoms with E-state index in [1.54, 1.807) is 25.8 Å². The number of rotatable bonds is 18. The molecule has 1 N–H and O–H groups in total. The Morgan fingerprint density at radius 1 is 0.881 bits per heavy atom. The second kappa shape index (κ2) is 21.2. The summed E-state index contributed by atoms with van der Waals surface area (Å²) in [4.78, 5) is 114. The maximum atomic E-state index is 14.2. The number of hydrogen-bond donors (Lipinski definition) is 1. The van der Waals surface area contributed by atoms with Crippen LogP contribution in [0.4, 0.5) is 0 Å².